The number of thioether (sulfide) groups is 1. The Morgan fingerprint density at radius 2 is 1.77 bits per heavy atom. The molecule has 1 aliphatic carbocycles. The number of halogens is 2. The standard InChI is InChI=1S/C24H28Cl2N2O2S/c1-17(24(30)27-22-7-2-3-8-22)28(14-18-9-11-20(25)12-10-18)23(29)16-31-15-19-5-4-6-21(26)13-19/h4-6,9-13,17,22H,2-3,7-8,14-16H2,1H3,(H,27,30)/t17-/m0/s1. The maximum atomic E-state index is 13.1. The summed E-state index contributed by atoms with van der Waals surface area (Å²) < 4.78 is 0. The van der Waals surface area contributed by atoms with Crippen molar-refractivity contribution in [2.24, 2.45) is 0 Å². The Balaban J connectivity index is 1.64. The molecule has 1 saturated carbocycles. The fourth-order valence-corrected chi connectivity index (χ4v) is 4.92. The summed E-state index contributed by atoms with van der Waals surface area (Å²) in [6, 6.07) is 14.7. The molecular weight excluding hydrogens is 451 g/mol. The molecule has 166 valence electrons. The number of rotatable bonds is 9. The van der Waals surface area contributed by atoms with Gasteiger partial charge in [0.15, 0.2) is 0 Å². The van der Waals surface area contributed by atoms with Crippen LogP contribution in [0.25, 0.3) is 0 Å². The van der Waals surface area contributed by atoms with Gasteiger partial charge in [-0.05, 0) is 55.2 Å². The predicted molar refractivity (Wildman–Crippen MR) is 129 cm³/mol. The Morgan fingerprint density at radius 1 is 1.06 bits per heavy atom. The SMILES string of the molecule is C[C@@H](C(=O)NC1CCCC1)N(Cc1ccc(Cl)cc1)C(=O)CSCc1cccc(Cl)c1. The van der Waals surface area contributed by atoms with Crippen molar-refractivity contribution in [3.63, 3.8) is 0 Å². The van der Waals surface area contributed by atoms with Crippen molar-refractivity contribution in [2.45, 2.75) is 57.0 Å². The lowest BCUT2D eigenvalue weighted by Crippen LogP contribution is -2.50. The Hall–Kier alpha value is -1.69. The Morgan fingerprint density at radius 3 is 2.45 bits per heavy atom. The number of benzene rings is 2. The molecule has 3 rings (SSSR count). The van der Waals surface area contributed by atoms with Gasteiger partial charge in [-0.25, -0.2) is 0 Å². The van der Waals surface area contributed by atoms with Crippen LogP contribution in [0.2, 0.25) is 10.0 Å². The maximum Gasteiger partial charge on any atom is 0.242 e. The molecule has 1 aliphatic rings. The van der Waals surface area contributed by atoms with Gasteiger partial charge in [0.05, 0.1) is 5.75 Å². The molecule has 2 amide bonds. The average molecular weight is 479 g/mol. The molecule has 2 aromatic rings. The van der Waals surface area contributed by atoms with E-state index in [9.17, 15) is 9.59 Å². The second-order valence-corrected chi connectivity index (χ2v) is 9.80. The van der Waals surface area contributed by atoms with Crippen molar-refractivity contribution in [1.82, 2.24) is 10.2 Å². The van der Waals surface area contributed by atoms with Crippen LogP contribution in [0.5, 0.6) is 0 Å². The summed E-state index contributed by atoms with van der Waals surface area (Å²) in [5.41, 5.74) is 2.01. The lowest BCUT2D eigenvalue weighted by atomic mass is 10.1. The molecule has 2 aromatic carbocycles. The van der Waals surface area contributed by atoms with Crippen LogP contribution in [0.15, 0.2) is 48.5 Å². The molecule has 1 fully saturated rings. The van der Waals surface area contributed by atoms with Gasteiger partial charge in [-0.1, -0.05) is 60.3 Å². The molecule has 1 N–H and O–H groups in total. The first kappa shape index (κ1) is 24.0. The average Bonchev–Trinajstić information content (AvgIpc) is 3.26. The van der Waals surface area contributed by atoms with Crippen LogP contribution in [0.4, 0.5) is 0 Å². The largest absolute Gasteiger partial charge is 0.352 e. The topological polar surface area (TPSA) is 49.4 Å². The monoisotopic (exact) mass is 478 g/mol. The number of carbonyl (C=O) groups excluding carboxylic acids is 2. The number of amides is 2. The van der Waals surface area contributed by atoms with E-state index in [-0.39, 0.29) is 17.9 Å². The van der Waals surface area contributed by atoms with Crippen molar-refractivity contribution in [2.75, 3.05) is 5.75 Å². The van der Waals surface area contributed by atoms with E-state index in [1.807, 2.05) is 36.4 Å². The van der Waals surface area contributed by atoms with Gasteiger partial charge < -0.3 is 10.2 Å². The van der Waals surface area contributed by atoms with Crippen LogP contribution in [0.3, 0.4) is 0 Å². The highest BCUT2D eigenvalue weighted by molar-refractivity contribution is 7.99. The van der Waals surface area contributed by atoms with E-state index in [0.29, 0.717) is 28.1 Å². The third kappa shape index (κ3) is 7.44. The van der Waals surface area contributed by atoms with E-state index < -0.39 is 6.04 Å². The number of hydrogen-bond donors (Lipinski definition) is 1. The number of nitrogens with zero attached hydrogens (tertiary/aromatic N) is 1. The highest BCUT2D eigenvalue weighted by Crippen LogP contribution is 2.21. The molecule has 0 aromatic heterocycles. The normalized spacial score (nSPS) is 14.9. The summed E-state index contributed by atoms with van der Waals surface area (Å²) in [7, 11) is 0. The molecule has 4 nitrogen and oxygen atoms in total. The van der Waals surface area contributed by atoms with Crippen LogP contribution >= 0.6 is 35.0 Å². The van der Waals surface area contributed by atoms with E-state index in [1.54, 1.807) is 24.0 Å². The van der Waals surface area contributed by atoms with Crippen LogP contribution in [0, 0.1) is 0 Å². The summed E-state index contributed by atoms with van der Waals surface area (Å²) in [5, 5.41) is 4.45. The molecule has 31 heavy (non-hydrogen) atoms. The minimum Gasteiger partial charge on any atom is -0.352 e. The van der Waals surface area contributed by atoms with Crippen LogP contribution in [-0.2, 0) is 21.9 Å². The maximum absolute atomic E-state index is 13.1. The lowest BCUT2D eigenvalue weighted by molar-refractivity contribution is -0.138. The van der Waals surface area contributed by atoms with Gasteiger partial charge in [-0.15, -0.1) is 11.8 Å². The van der Waals surface area contributed by atoms with Gasteiger partial charge >= 0.3 is 0 Å². The van der Waals surface area contributed by atoms with E-state index in [1.165, 1.54) is 11.8 Å². The van der Waals surface area contributed by atoms with Gasteiger partial charge in [0.1, 0.15) is 6.04 Å². The highest BCUT2D eigenvalue weighted by atomic mass is 35.5. The number of hydrogen-bond acceptors (Lipinski definition) is 3. The molecule has 1 atom stereocenters. The predicted octanol–water partition coefficient (Wildman–Crippen LogP) is 5.70. The number of carbonyl (C=O) groups is 2. The third-order valence-electron chi connectivity index (χ3n) is 5.52. The first-order valence-electron chi connectivity index (χ1n) is 10.6. The molecule has 0 radical (unpaired) electrons. The van der Waals surface area contributed by atoms with Crippen LogP contribution in [0.1, 0.15) is 43.7 Å². The smallest absolute Gasteiger partial charge is 0.242 e. The summed E-state index contributed by atoms with van der Waals surface area (Å²) in [4.78, 5) is 27.7. The summed E-state index contributed by atoms with van der Waals surface area (Å²) in [6.45, 7) is 2.17. The number of nitrogens with one attached hydrogen (secondary N) is 1. The fraction of sp³-hybridized carbons (Fsp3) is 0.417. The van der Waals surface area contributed by atoms with E-state index >= 15 is 0 Å². The zero-order valence-electron chi connectivity index (χ0n) is 17.7. The first-order chi connectivity index (χ1) is 14.9. The molecule has 7 heteroatoms. The zero-order valence-corrected chi connectivity index (χ0v) is 20.0. The summed E-state index contributed by atoms with van der Waals surface area (Å²) >= 11 is 13.6. The Bertz CT molecular complexity index is 885. The molecule has 0 saturated heterocycles. The minimum absolute atomic E-state index is 0.0592. The van der Waals surface area contributed by atoms with Crippen molar-refractivity contribution < 1.29 is 9.59 Å². The Kier molecular flexibility index (Phi) is 9.12. The zero-order chi connectivity index (χ0) is 22.2. The minimum atomic E-state index is -0.546. The second kappa shape index (κ2) is 11.8. The van der Waals surface area contributed by atoms with Crippen molar-refractivity contribution in [1.29, 1.82) is 0 Å². The van der Waals surface area contributed by atoms with Crippen molar-refractivity contribution in [3.8, 4) is 0 Å². The van der Waals surface area contributed by atoms with Crippen LogP contribution in [-0.4, -0.2) is 34.6 Å². The molecule has 0 heterocycles. The molecule has 0 spiro atoms. The lowest BCUT2D eigenvalue weighted by Gasteiger charge is -2.29. The van der Waals surface area contributed by atoms with Crippen LogP contribution < -0.4 is 5.32 Å². The van der Waals surface area contributed by atoms with Gasteiger partial charge in [0.25, 0.3) is 0 Å². The van der Waals surface area contributed by atoms with Gasteiger partial charge in [0.2, 0.25) is 11.8 Å². The second-order valence-electron chi connectivity index (χ2n) is 7.94. The first-order valence-corrected chi connectivity index (χ1v) is 12.5. The summed E-state index contributed by atoms with van der Waals surface area (Å²) in [6.07, 6.45) is 4.32. The van der Waals surface area contributed by atoms with Gasteiger partial charge in [0, 0.05) is 28.4 Å². The van der Waals surface area contributed by atoms with E-state index in [2.05, 4.69) is 5.32 Å². The summed E-state index contributed by atoms with van der Waals surface area (Å²) in [5.74, 6) is 0.829. The molecule has 0 unspecified atom stereocenters. The van der Waals surface area contributed by atoms with E-state index in [0.717, 1.165) is 36.8 Å². The van der Waals surface area contributed by atoms with Gasteiger partial charge in [-0.3, -0.25) is 9.59 Å². The molecule has 0 aliphatic heterocycles. The fourth-order valence-electron chi connectivity index (χ4n) is 3.73. The van der Waals surface area contributed by atoms with Crippen molar-refractivity contribution in [3.05, 3.63) is 69.7 Å². The van der Waals surface area contributed by atoms with E-state index in [4.69, 9.17) is 23.2 Å². The van der Waals surface area contributed by atoms with Gasteiger partial charge in [-0.2, -0.15) is 0 Å². The van der Waals surface area contributed by atoms with Crippen molar-refractivity contribution >= 4 is 46.8 Å². The molecular formula is C24H28Cl2N2O2S. The third-order valence-corrected chi connectivity index (χ3v) is 6.99. The Labute approximate surface area is 198 Å². The quantitative estimate of drug-likeness (QED) is 0.502. The highest BCUT2D eigenvalue weighted by Gasteiger charge is 2.28. The molecule has 0 bridgehead atoms.